The summed E-state index contributed by atoms with van der Waals surface area (Å²) < 4.78 is 13.7. The number of unbranched alkanes of at least 4 members (excludes halogenated alkanes) is 1. The summed E-state index contributed by atoms with van der Waals surface area (Å²) in [5.74, 6) is 1.23. The first-order valence-electron chi connectivity index (χ1n) is 7.58. The van der Waals surface area contributed by atoms with E-state index in [1.807, 2.05) is 16.7 Å². The van der Waals surface area contributed by atoms with E-state index in [1.165, 1.54) is 11.3 Å². The molecule has 0 bridgehead atoms. The fraction of sp³-hybridized carbons (Fsp3) is 0.412. The summed E-state index contributed by atoms with van der Waals surface area (Å²) in [5.41, 5.74) is 0.953. The second-order valence-corrected chi connectivity index (χ2v) is 6.08. The molecule has 2 aromatic rings. The van der Waals surface area contributed by atoms with Gasteiger partial charge in [-0.2, -0.15) is 4.99 Å². The van der Waals surface area contributed by atoms with Gasteiger partial charge in [0.2, 0.25) is 5.91 Å². The molecule has 23 heavy (non-hydrogen) atoms. The third-order valence-corrected chi connectivity index (χ3v) is 4.51. The maximum atomic E-state index is 12.0. The number of hydrogen-bond donors (Lipinski definition) is 0. The van der Waals surface area contributed by atoms with E-state index in [2.05, 4.69) is 18.5 Å². The number of nitrogens with zero attached hydrogens (tertiary/aromatic N) is 2. The normalized spacial score (nSPS) is 11.7. The minimum atomic E-state index is -0.0878. The van der Waals surface area contributed by atoms with Gasteiger partial charge in [-0.3, -0.25) is 4.79 Å². The van der Waals surface area contributed by atoms with E-state index in [9.17, 15) is 4.79 Å². The molecule has 0 saturated heterocycles. The molecule has 2 rings (SSSR count). The molecular weight excluding hydrogens is 312 g/mol. The zero-order valence-corrected chi connectivity index (χ0v) is 14.6. The summed E-state index contributed by atoms with van der Waals surface area (Å²) in [6.07, 6.45) is 4.11. The van der Waals surface area contributed by atoms with Crippen LogP contribution in [0.2, 0.25) is 0 Å². The number of amides is 1. The van der Waals surface area contributed by atoms with E-state index in [0.717, 1.165) is 23.1 Å². The Balaban J connectivity index is 2.60. The van der Waals surface area contributed by atoms with Crippen molar-refractivity contribution in [2.24, 2.45) is 4.99 Å². The zero-order valence-electron chi connectivity index (χ0n) is 13.8. The number of allylic oxidation sites excluding steroid dienone is 1. The van der Waals surface area contributed by atoms with Crippen molar-refractivity contribution in [1.82, 2.24) is 4.57 Å². The maximum Gasteiger partial charge on any atom is 0.248 e. The Morgan fingerprint density at radius 2 is 2.04 bits per heavy atom. The summed E-state index contributed by atoms with van der Waals surface area (Å²) in [6, 6.07) is 3.82. The molecular formula is C17H22N2O3S. The highest BCUT2D eigenvalue weighted by Gasteiger charge is 2.12. The smallest absolute Gasteiger partial charge is 0.248 e. The first kappa shape index (κ1) is 17.3. The van der Waals surface area contributed by atoms with Crippen molar-refractivity contribution in [2.75, 3.05) is 14.2 Å². The van der Waals surface area contributed by atoms with Gasteiger partial charge in [0.15, 0.2) is 16.3 Å². The van der Waals surface area contributed by atoms with Gasteiger partial charge in [0.1, 0.15) is 0 Å². The van der Waals surface area contributed by atoms with Crippen LogP contribution in [0.25, 0.3) is 10.2 Å². The standard InChI is InChI=1S/C17H22N2O3S/c1-5-7-8-16(20)18-17-19(9-6-2)12-10-13(21-3)14(22-4)11-15(12)23-17/h6,10-11H,2,5,7-9H2,1,3-4H3. The van der Waals surface area contributed by atoms with Crippen molar-refractivity contribution in [1.29, 1.82) is 0 Å². The summed E-state index contributed by atoms with van der Waals surface area (Å²) >= 11 is 1.47. The molecule has 0 radical (unpaired) electrons. The number of benzene rings is 1. The van der Waals surface area contributed by atoms with E-state index in [0.29, 0.717) is 29.3 Å². The minimum Gasteiger partial charge on any atom is -0.493 e. The quantitative estimate of drug-likeness (QED) is 0.728. The zero-order chi connectivity index (χ0) is 16.8. The predicted molar refractivity (Wildman–Crippen MR) is 93.2 cm³/mol. The monoisotopic (exact) mass is 334 g/mol. The van der Waals surface area contributed by atoms with E-state index < -0.39 is 0 Å². The van der Waals surface area contributed by atoms with Gasteiger partial charge in [0.25, 0.3) is 0 Å². The Labute approximate surface area is 139 Å². The lowest BCUT2D eigenvalue weighted by Crippen LogP contribution is -2.16. The lowest BCUT2D eigenvalue weighted by atomic mass is 10.2. The average molecular weight is 334 g/mol. The number of rotatable bonds is 7. The van der Waals surface area contributed by atoms with Gasteiger partial charge in [0, 0.05) is 25.1 Å². The van der Waals surface area contributed by atoms with Crippen LogP contribution in [0.15, 0.2) is 29.8 Å². The predicted octanol–water partition coefficient (Wildman–Crippen LogP) is 3.52. The van der Waals surface area contributed by atoms with Gasteiger partial charge >= 0.3 is 0 Å². The summed E-state index contributed by atoms with van der Waals surface area (Å²) in [7, 11) is 3.21. The van der Waals surface area contributed by atoms with Crippen molar-refractivity contribution < 1.29 is 14.3 Å². The van der Waals surface area contributed by atoms with Gasteiger partial charge in [-0.1, -0.05) is 30.8 Å². The van der Waals surface area contributed by atoms with Crippen LogP contribution < -0.4 is 14.3 Å². The molecule has 5 nitrogen and oxygen atoms in total. The number of carbonyl (C=O) groups excluding carboxylic acids is 1. The Kier molecular flexibility index (Phi) is 5.98. The molecule has 0 N–H and O–H groups in total. The largest absolute Gasteiger partial charge is 0.493 e. The van der Waals surface area contributed by atoms with Crippen LogP contribution in [0.5, 0.6) is 11.5 Å². The SMILES string of the molecule is C=CCn1c(=NC(=O)CCCC)sc2cc(OC)c(OC)cc21. The Hall–Kier alpha value is -2.08. The van der Waals surface area contributed by atoms with E-state index in [4.69, 9.17) is 9.47 Å². The van der Waals surface area contributed by atoms with Gasteiger partial charge in [-0.05, 0) is 6.42 Å². The number of ether oxygens (including phenoxy) is 2. The van der Waals surface area contributed by atoms with E-state index >= 15 is 0 Å². The molecule has 0 spiro atoms. The van der Waals surface area contributed by atoms with Gasteiger partial charge in [-0.15, -0.1) is 6.58 Å². The van der Waals surface area contributed by atoms with E-state index in [-0.39, 0.29) is 5.91 Å². The molecule has 1 heterocycles. The third kappa shape index (κ3) is 3.82. The van der Waals surface area contributed by atoms with Crippen LogP contribution in [-0.4, -0.2) is 24.7 Å². The van der Waals surface area contributed by atoms with Crippen LogP contribution in [0.1, 0.15) is 26.2 Å². The first-order chi connectivity index (χ1) is 11.1. The molecule has 0 aliphatic rings. The van der Waals surface area contributed by atoms with Crippen molar-refractivity contribution in [3.05, 3.63) is 29.6 Å². The topological polar surface area (TPSA) is 52.8 Å². The molecule has 6 heteroatoms. The van der Waals surface area contributed by atoms with Gasteiger partial charge in [-0.25, -0.2) is 0 Å². The molecule has 1 aromatic heterocycles. The van der Waals surface area contributed by atoms with Crippen molar-refractivity contribution in [2.45, 2.75) is 32.7 Å². The molecule has 1 aromatic carbocycles. The number of fused-ring (bicyclic) bond motifs is 1. The Bertz CT molecular complexity index is 774. The van der Waals surface area contributed by atoms with Crippen LogP contribution in [0.4, 0.5) is 0 Å². The number of hydrogen-bond acceptors (Lipinski definition) is 4. The lowest BCUT2D eigenvalue weighted by Gasteiger charge is -2.08. The third-order valence-electron chi connectivity index (χ3n) is 3.46. The van der Waals surface area contributed by atoms with Crippen molar-refractivity contribution in [3.63, 3.8) is 0 Å². The van der Waals surface area contributed by atoms with Crippen LogP contribution in [-0.2, 0) is 11.3 Å². The highest BCUT2D eigenvalue weighted by molar-refractivity contribution is 7.16. The fourth-order valence-electron chi connectivity index (χ4n) is 2.28. The van der Waals surface area contributed by atoms with Crippen LogP contribution in [0, 0.1) is 0 Å². The molecule has 0 saturated carbocycles. The summed E-state index contributed by atoms with van der Waals surface area (Å²) in [5, 5.41) is 0. The maximum absolute atomic E-state index is 12.0. The summed E-state index contributed by atoms with van der Waals surface area (Å²) in [6.45, 7) is 6.43. The second kappa shape index (κ2) is 7.97. The Morgan fingerprint density at radius 1 is 1.35 bits per heavy atom. The minimum absolute atomic E-state index is 0.0878. The number of carbonyl (C=O) groups is 1. The average Bonchev–Trinajstić information content (AvgIpc) is 2.88. The Morgan fingerprint density at radius 3 is 2.65 bits per heavy atom. The van der Waals surface area contributed by atoms with Crippen molar-refractivity contribution >= 4 is 27.5 Å². The highest BCUT2D eigenvalue weighted by Crippen LogP contribution is 2.33. The molecule has 1 amide bonds. The van der Waals surface area contributed by atoms with Crippen LogP contribution >= 0.6 is 11.3 Å². The summed E-state index contributed by atoms with van der Waals surface area (Å²) in [4.78, 5) is 17.0. The molecule has 0 fully saturated rings. The van der Waals surface area contributed by atoms with E-state index in [1.54, 1.807) is 20.3 Å². The second-order valence-electron chi connectivity index (χ2n) is 5.07. The number of thiazole rings is 1. The fourth-order valence-corrected chi connectivity index (χ4v) is 3.34. The van der Waals surface area contributed by atoms with Gasteiger partial charge < -0.3 is 14.0 Å². The molecule has 0 aliphatic heterocycles. The van der Waals surface area contributed by atoms with Gasteiger partial charge in [0.05, 0.1) is 24.4 Å². The molecule has 0 atom stereocenters. The first-order valence-corrected chi connectivity index (χ1v) is 8.40. The molecule has 124 valence electrons. The highest BCUT2D eigenvalue weighted by atomic mass is 32.1. The molecule has 0 aliphatic carbocycles. The van der Waals surface area contributed by atoms with Crippen molar-refractivity contribution in [3.8, 4) is 11.5 Å². The number of aromatic nitrogens is 1. The molecule has 0 unspecified atom stereocenters. The van der Waals surface area contributed by atoms with Crippen LogP contribution in [0.3, 0.4) is 0 Å². The lowest BCUT2D eigenvalue weighted by molar-refractivity contribution is -0.118. The number of methoxy groups -OCH3 is 2.